The van der Waals surface area contributed by atoms with Crippen molar-refractivity contribution in [1.29, 1.82) is 0 Å². The first-order valence-electron chi connectivity index (χ1n) is 7.18. The number of rotatable bonds is 6. The van der Waals surface area contributed by atoms with Crippen LogP contribution in [-0.2, 0) is 6.42 Å². The van der Waals surface area contributed by atoms with E-state index in [4.69, 9.17) is 10.5 Å². The summed E-state index contributed by atoms with van der Waals surface area (Å²) in [5.74, 6) is 1.41. The molecule has 2 heteroatoms. The highest BCUT2D eigenvalue weighted by atomic mass is 16.5. The Balaban J connectivity index is 1.92. The third kappa shape index (κ3) is 4.10. The van der Waals surface area contributed by atoms with Crippen molar-refractivity contribution in [3.63, 3.8) is 0 Å². The van der Waals surface area contributed by atoms with Crippen LogP contribution in [-0.4, -0.2) is 12.6 Å². The van der Waals surface area contributed by atoms with Crippen LogP contribution in [0.1, 0.15) is 30.9 Å². The Kier molecular flexibility index (Phi) is 5.19. The Bertz CT molecular complexity index is 522. The molecular formula is C18H23NO. The van der Waals surface area contributed by atoms with Crippen molar-refractivity contribution in [2.75, 3.05) is 6.61 Å². The minimum absolute atomic E-state index is 0.0117. The van der Waals surface area contributed by atoms with Crippen LogP contribution in [0.2, 0.25) is 0 Å². The van der Waals surface area contributed by atoms with Gasteiger partial charge in [0.15, 0.2) is 0 Å². The third-order valence-electron chi connectivity index (χ3n) is 3.33. The zero-order valence-electron chi connectivity index (χ0n) is 12.3. The number of nitrogens with two attached hydrogens (primary N) is 1. The van der Waals surface area contributed by atoms with Gasteiger partial charge in [-0.25, -0.2) is 0 Å². The lowest BCUT2D eigenvalue weighted by atomic mass is 10.0. The van der Waals surface area contributed by atoms with Crippen molar-refractivity contribution in [1.82, 2.24) is 0 Å². The summed E-state index contributed by atoms with van der Waals surface area (Å²) in [6.45, 7) is 4.89. The van der Waals surface area contributed by atoms with Gasteiger partial charge in [-0.05, 0) is 29.5 Å². The molecule has 106 valence electrons. The molecule has 1 unspecified atom stereocenters. The predicted molar refractivity (Wildman–Crippen MR) is 84.1 cm³/mol. The lowest BCUT2D eigenvalue weighted by Crippen LogP contribution is -2.30. The molecule has 1 atom stereocenters. The van der Waals surface area contributed by atoms with Crippen LogP contribution in [0.5, 0.6) is 5.75 Å². The first-order chi connectivity index (χ1) is 9.66. The van der Waals surface area contributed by atoms with Gasteiger partial charge in [0.05, 0.1) is 0 Å². The van der Waals surface area contributed by atoms with E-state index in [-0.39, 0.29) is 6.04 Å². The quantitative estimate of drug-likeness (QED) is 0.866. The fraction of sp³-hybridized carbons (Fsp3) is 0.333. The van der Waals surface area contributed by atoms with Crippen LogP contribution in [0.4, 0.5) is 0 Å². The van der Waals surface area contributed by atoms with E-state index < -0.39 is 0 Å². The molecular weight excluding hydrogens is 246 g/mol. The molecule has 2 rings (SSSR count). The SMILES string of the molecule is CC(C)c1ccccc1OCC(N)Cc1ccccc1. The number of ether oxygens (including phenoxy) is 1. The number of hydrogen-bond donors (Lipinski definition) is 1. The van der Waals surface area contributed by atoms with Crippen LogP contribution in [0.15, 0.2) is 54.6 Å². The van der Waals surface area contributed by atoms with Gasteiger partial charge in [0, 0.05) is 6.04 Å². The maximum Gasteiger partial charge on any atom is 0.122 e. The molecule has 0 heterocycles. The maximum absolute atomic E-state index is 6.15. The zero-order chi connectivity index (χ0) is 14.4. The number of benzene rings is 2. The number of hydrogen-bond acceptors (Lipinski definition) is 2. The second-order valence-corrected chi connectivity index (χ2v) is 5.45. The largest absolute Gasteiger partial charge is 0.492 e. The molecule has 0 saturated heterocycles. The van der Waals surface area contributed by atoms with Crippen molar-refractivity contribution in [3.05, 3.63) is 65.7 Å². The zero-order valence-corrected chi connectivity index (χ0v) is 12.3. The van der Waals surface area contributed by atoms with Gasteiger partial charge in [-0.1, -0.05) is 62.4 Å². The van der Waals surface area contributed by atoms with E-state index >= 15 is 0 Å². The van der Waals surface area contributed by atoms with E-state index in [9.17, 15) is 0 Å². The van der Waals surface area contributed by atoms with Crippen LogP contribution in [0.3, 0.4) is 0 Å². The molecule has 0 radical (unpaired) electrons. The molecule has 0 fully saturated rings. The summed E-state index contributed by atoms with van der Waals surface area (Å²) in [5, 5.41) is 0. The fourth-order valence-corrected chi connectivity index (χ4v) is 2.26. The van der Waals surface area contributed by atoms with Gasteiger partial charge in [0.2, 0.25) is 0 Å². The Morgan fingerprint density at radius 2 is 1.60 bits per heavy atom. The van der Waals surface area contributed by atoms with Crippen LogP contribution in [0, 0.1) is 0 Å². The predicted octanol–water partition coefficient (Wildman–Crippen LogP) is 3.76. The molecule has 0 aliphatic heterocycles. The van der Waals surface area contributed by atoms with Crippen molar-refractivity contribution in [2.45, 2.75) is 32.2 Å². The van der Waals surface area contributed by atoms with E-state index in [0.717, 1.165) is 12.2 Å². The Morgan fingerprint density at radius 1 is 0.950 bits per heavy atom. The summed E-state index contributed by atoms with van der Waals surface area (Å²) in [6.07, 6.45) is 0.838. The molecule has 0 aliphatic rings. The first kappa shape index (κ1) is 14.6. The average molecular weight is 269 g/mol. The molecule has 0 amide bonds. The highest BCUT2D eigenvalue weighted by Gasteiger charge is 2.09. The van der Waals surface area contributed by atoms with Gasteiger partial charge in [-0.3, -0.25) is 0 Å². The van der Waals surface area contributed by atoms with Crippen LogP contribution >= 0.6 is 0 Å². The van der Waals surface area contributed by atoms with E-state index in [1.807, 2.05) is 36.4 Å². The van der Waals surface area contributed by atoms with Gasteiger partial charge in [0.25, 0.3) is 0 Å². The van der Waals surface area contributed by atoms with E-state index in [1.165, 1.54) is 11.1 Å². The molecule has 2 aromatic rings. The Labute approximate surface area is 121 Å². The topological polar surface area (TPSA) is 35.2 Å². The van der Waals surface area contributed by atoms with Gasteiger partial charge in [-0.15, -0.1) is 0 Å². The minimum atomic E-state index is 0.0117. The van der Waals surface area contributed by atoms with E-state index in [2.05, 4.69) is 32.0 Å². The molecule has 0 bridgehead atoms. The summed E-state index contributed by atoms with van der Waals surface area (Å²) in [4.78, 5) is 0. The van der Waals surface area contributed by atoms with E-state index in [1.54, 1.807) is 0 Å². The fourth-order valence-electron chi connectivity index (χ4n) is 2.26. The van der Waals surface area contributed by atoms with Gasteiger partial charge in [0.1, 0.15) is 12.4 Å². The summed E-state index contributed by atoms with van der Waals surface area (Å²) < 4.78 is 5.91. The molecule has 0 aliphatic carbocycles. The van der Waals surface area contributed by atoms with Gasteiger partial charge in [-0.2, -0.15) is 0 Å². The van der Waals surface area contributed by atoms with Crippen LogP contribution in [0.25, 0.3) is 0 Å². The maximum atomic E-state index is 6.15. The molecule has 0 spiro atoms. The highest BCUT2D eigenvalue weighted by Crippen LogP contribution is 2.25. The van der Waals surface area contributed by atoms with Crippen molar-refractivity contribution >= 4 is 0 Å². The Hall–Kier alpha value is -1.80. The number of para-hydroxylation sites is 1. The second-order valence-electron chi connectivity index (χ2n) is 5.45. The molecule has 0 aromatic heterocycles. The Morgan fingerprint density at radius 3 is 2.30 bits per heavy atom. The van der Waals surface area contributed by atoms with Crippen molar-refractivity contribution in [2.24, 2.45) is 5.73 Å². The summed E-state index contributed by atoms with van der Waals surface area (Å²) in [6, 6.07) is 18.5. The minimum Gasteiger partial charge on any atom is -0.492 e. The molecule has 20 heavy (non-hydrogen) atoms. The van der Waals surface area contributed by atoms with Crippen LogP contribution < -0.4 is 10.5 Å². The monoisotopic (exact) mass is 269 g/mol. The lowest BCUT2D eigenvalue weighted by molar-refractivity contribution is 0.284. The van der Waals surface area contributed by atoms with Crippen molar-refractivity contribution < 1.29 is 4.74 Å². The normalized spacial score (nSPS) is 12.4. The summed E-state index contributed by atoms with van der Waals surface area (Å²) >= 11 is 0. The molecule has 2 nitrogen and oxygen atoms in total. The summed E-state index contributed by atoms with van der Waals surface area (Å²) in [7, 11) is 0. The van der Waals surface area contributed by atoms with Gasteiger partial charge >= 0.3 is 0 Å². The first-order valence-corrected chi connectivity index (χ1v) is 7.18. The molecule has 2 N–H and O–H groups in total. The summed E-state index contributed by atoms with van der Waals surface area (Å²) in [5.41, 5.74) is 8.64. The smallest absolute Gasteiger partial charge is 0.122 e. The van der Waals surface area contributed by atoms with Crippen molar-refractivity contribution in [3.8, 4) is 5.75 Å². The second kappa shape index (κ2) is 7.11. The molecule has 2 aromatic carbocycles. The van der Waals surface area contributed by atoms with E-state index in [0.29, 0.717) is 12.5 Å². The third-order valence-corrected chi connectivity index (χ3v) is 3.33. The highest BCUT2D eigenvalue weighted by molar-refractivity contribution is 5.35. The standard InChI is InChI=1S/C18H23NO/c1-14(2)17-10-6-7-11-18(17)20-13-16(19)12-15-8-4-3-5-9-15/h3-11,14,16H,12-13,19H2,1-2H3. The molecule has 0 saturated carbocycles. The average Bonchev–Trinajstić information content (AvgIpc) is 2.46. The lowest BCUT2D eigenvalue weighted by Gasteiger charge is -2.17. The van der Waals surface area contributed by atoms with Gasteiger partial charge < -0.3 is 10.5 Å².